The van der Waals surface area contributed by atoms with E-state index in [-0.39, 0.29) is 5.75 Å². The molecule has 0 spiro atoms. The van der Waals surface area contributed by atoms with Crippen molar-refractivity contribution in [3.05, 3.63) is 47.9 Å². The van der Waals surface area contributed by atoms with Crippen LogP contribution in [0.4, 0.5) is 5.69 Å². The molecule has 0 saturated carbocycles. The van der Waals surface area contributed by atoms with Gasteiger partial charge in [0.1, 0.15) is 22.5 Å². The first-order valence-corrected chi connectivity index (χ1v) is 8.55. The van der Waals surface area contributed by atoms with Crippen LogP contribution in [0.15, 0.2) is 36.7 Å². The van der Waals surface area contributed by atoms with E-state index in [4.69, 9.17) is 5.26 Å². The van der Waals surface area contributed by atoms with Gasteiger partial charge < -0.3 is 5.32 Å². The topological polar surface area (TPSA) is 114 Å². The smallest absolute Gasteiger partial charge is 0.141 e. The number of nitrogens with zero attached hydrogens (tertiary/aromatic N) is 5. The second-order valence-electron chi connectivity index (χ2n) is 5.13. The number of hydrogen-bond acceptors (Lipinski definition) is 7. The molecule has 1 N–H and O–H groups in total. The van der Waals surface area contributed by atoms with E-state index in [0.29, 0.717) is 24.3 Å². The van der Waals surface area contributed by atoms with E-state index in [1.807, 2.05) is 18.2 Å². The number of nitrogens with one attached hydrogen (secondary N) is 1. The van der Waals surface area contributed by atoms with Crippen LogP contribution >= 0.6 is 0 Å². The summed E-state index contributed by atoms with van der Waals surface area (Å²) < 4.78 is 22.7. The average molecular weight is 342 g/mol. The van der Waals surface area contributed by atoms with Gasteiger partial charge in [0, 0.05) is 17.3 Å². The van der Waals surface area contributed by atoms with Crippen LogP contribution in [0.1, 0.15) is 11.3 Å². The molecule has 0 saturated heterocycles. The summed E-state index contributed by atoms with van der Waals surface area (Å²) in [6, 6.07) is 9.54. The minimum absolute atomic E-state index is 0.0461. The molecule has 0 atom stereocenters. The summed E-state index contributed by atoms with van der Waals surface area (Å²) in [7, 11) is -2.41. The molecule has 122 valence electrons. The molecule has 0 radical (unpaired) electrons. The quantitative estimate of drug-likeness (QED) is 0.640. The largest absolute Gasteiger partial charge is 0.379 e. The van der Waals surface area contributed by atoms with Crippen molar-refractivity contribution in [3.63, 3.8) is 0 Å². The molecule has 0 bridgehead atoms. The predicted molar refractivity (Wildman–Crippen MR) is 89.0 cm³/mol. The molecule has 0 aliphatic carbocycles. The molecule has 9 heteroatoms. The van der Waals surface area contributed by atoms with Gasteiger partial charge in [-0.1, -0.05) is 5.21 Å². The summed E-state index contributed by atoms with van der Waals surface area (Å²) in [5, 5.41) is 20.9. The molecule has 24 heavy (non-hydrogen) atoms. The van der Waals surface area contributed by atoms with Gasteiger partial charge in [-0.05, 0) is 24.3 Å². The third-order valence-corrected chi connectivity index (χ3v) is 3.95. The maximum Gasteiger partial charge on any atom is 0.141 e. The highest BCUT2D eigenvalue weighted by molar-refractivity contribution is 7.72. The van der Waals surface area contributed by atoms with Crippen molar-refractivity contribution in [1.29, 1.82) is 5.26 Å². The van der Waals surface area contributed by atoms with E-state index in [1.165, 1.54) is 4.68 Å². The molecule has 2 aromatic heterocycles. The van der Waals surface area contributed by atoms with Gasteiger partial charge in [0.15, 0.2) is 0 Å². The van der Waals surface area contributed by atoms with Gasteiger partial charge in [-0.15, -0.1) is 5.10 Å². The van der Waals surface area contributed by atoms with Gasteiger partial charge in [0.25, 0.3) is 0 Å². The fourth-order valence-corrected chi connectivity index (χ4v) is 2.58. The van der Waals surface area contributed by atoms with E-state index in [2.05, 4.69) is 26.7 Å². The van der Waals surface area contributed by atoms with Gasteiger partial charge in [-0.25, -0.2) is 8.42 Å². The van der Waals surface area contributed by atoms with Gasteiger partial charge in [0.05, 0.1) is 36.1 Å². The van der Waals surface area contributed by atoms with Crippen molar-refractivity contribution in [2.75, 3.05) is 11.1 Å². The van der Waals surface area contributed by atoms with E-state index in [0.717, 1.165) is 16.6 Å². The van der Waals surface area contributed by atoms with Crippen molar-refractivity contribution in [1.82, 2.24) is 20.0 Å². The number of rotatable bonds is 6. The van der Waals surface area contributed by atoms with Gasteiger partial charge in [-0.3, -0.25) is 9.67 Å². The molecule has 0 unspecified atom stereocenters. The van der Waals surface area contributed by atoms with Crippen molar-refractivity contribution < 1.29 is 8.42 Å². The number of aryl methyl sites for hydroxylation is 1. The first-order chi connectivity index (χ1) is 11.6. The normalized spacial score (nSPS) is 10.8. The zero-order valence-corrected chi connectivity index (χ0v) is 13.5. The number of aromatic nitrogens is 4. The standard InChI is InChI=1S/C15H14N6O2S/c16-7-11-5-12-6-13(1-2-15(12)18-8-11)17-9-14-10-21(20-19-14)3-4-24(22)23/h1-2,5-6,8,10,17,24H,3-4,9H2. The number of thiol groups is 1. The Hall–Kier alpha value is -2.99. The molecule has 0 aliphatic rings. The number of fused-ring (bicyclic) bond motifs is 1. The van der Waals surface area contributed by atoms with Gasteiger partial charge in [0.2, 0.25) is 0 Å². The van der Waals surface area contributed by atoms with Crippen LogP contribution in [0.25, 0.3) is 10.9 Å². The van der Waals surface area contributed by atoms with Crippen LogP contribution in [-0.2, 0) is 23.8 Å². The molecule has 8 nitrogen and oxygen atoms in total. The van der Waals surface area contributed by atoms with Crippen molar-refractivity contribution >= 4 is 27.3 Å². The molecule has 2 heterocycles. The van der Waals surface area contributed by atoms with Crippen LogP contribution < -0.4 is 5.32 Å². The Bertz CT molecular complexity index is 981. The number of benzene rings is 1. The molecule has 0 amide bonds. The molecule has 1 aromatic carbocycles. The highest BCUT2D eigenvalue weighted by atomic mass is 32.2. The molecule has 0 aliphatic heterocycles. The Labute approximate surface area is 139 Å². The molecule has 3 aromatic rings. The van der Waals surface area contributed by atoms with Crippen LogP contribution in [0.2, 0.25) is 0 Å². The van der Waals surface area contributed by atoms with Crippen LogP contribution in [0.5, 0.6) is 0 Å². The minimum Gasteiger partial charge on any atom is -0.379 e. The summed E-state index contributed by atoms with van der Waals surface area (Å²) in [6.07, 6.45) is 3.26. The average Bonchev–Trinajstić information content (AvgIpc) is 3.05. The lowest BCUT2D eigenvalue weighted by molar-refractivity contribution is 0.590. The first-order valence-electron chi connectivity index (χ1n) is 7.18. The Kier molecular flexibility index (Phi) is 4.67. The maximum atomic E-state index is 10.6. The van der Waals surface area contributed by atoms with Crippen molar-refractivity contribution in [2.24, 2.45) is 0 Å². The summed E-state index contributed by atoms with van der Waals surface area (Å²) in [6.45, 7) is 0.755. The highest BCUT2D eigenvalue weighted by Crippen LogP contribution is 2.19. The fraction of sp³-hybridized carbons (Fsp3) is 0.200. The molecule has 3 rings (SSSR count). The number of hydrogen-bond donors (Lipinski definition) is 2. The van der Waals surface area contributed by atoms with E-state index in [9.17, 15) is 8.42 Å². The number of nitriles is 1. The summed E-state index contributed by atoms with van der Waals surface area (Å²) in [5.41, 5.74) is 2.91. The predicted octanol–water partition coefficient (Wildman–Crippen LogP) is 0.921. The zero-order valence-electron chi connectivity index (χ0n) is 12.6. The lowest BCUT2D eigenvalue weighted by Crippen LogP contribution is -2.04. The summed E-state index contributed by atoms with van der Waals surface area (Å²) >= 11 is 0. The van der Waals surface area contributed by atoms with Crippen LogP contribution in [0.3, 0.4) is 0 Å². The SMILES string of the molecule is N#Cc1cnc2ccc(NCc3cn(CC[SH](=O)=O)nn3)cc2c1. The zero-order chi connectivity index (χ0) is 16.9. The second kappa shape index (κ2) is 7.06. The Morgan fingerprint density at radius 2 is 2.17 bits per heavy atom. The molecular formula is C15H14N6O2S. The van der Waals surface area contributed by atoms with E-state index < -0.39 is 10.7 Å². The van der Waals surface area contributed by atoms with Crippen LogP contribution in [-0.4, -0.2) is 34.1 Å². The van der Waals surface area contributed by atoms with Gasteiger partial charge >= 0.3 is 0 Å². The summed E-state index contributed by atoms with van der Waals surface area (Å²) in [5.74, 6) is 0.0461. The Morgan fingerprint density at radius 1 is 1.29 bits per heavy atom. The number of anilines is 1. The van der Waals surface area contributed by atoms with E-state index in [1.54, 1.807) is 18.5 Å². The molecular weight excluding hydrogens is 328 g/mol. The van der Waals surface area contributed by atoms with E-state index >= 15 is 0 Å². The van der Waals surface area contributed by atoms with Crippen LogP contribution in [0, 0.1) is 11.3 Å². The minimum atomic E-state index is -2.41. The maximum absolute atomic E-state index is 10.6. The Morgan fingerprint density at radius 3 is 2.96 bits per heavy atom. The fourth-order valence-electron chi connectivity index (χ4n) is 2.21. The molecule has 0 fully saturated rings. The van der Waals surface area contributed by atoms with Crippen molar-refractivity contribution in [3.8, 4) is 6.07 Å². The van der Waals surface area contributed by atoms with Gasteiger partial charge in [-0.2, -0.15) is 5.26 Å². The third-order valence-electron chi connectivity index (χ3n) is 3.38. The third kappa shape index (κ3) is 3.85. The van der Waals surface area contributed by atoms with Crippen molar-refractivity contribution in [2.45, 2.75) is 13.1 Å². The summed E-state index contributed by atoms with van der Waals surface area (Å²) in [4.78, 5) is 4.22. The first kappa shape index (κ1) is 15.9. The number of pyridine rings is 1. The highest BCUT2D eigenvalue weighted by Gasteiger charge is 2.03. The lowest BCUT2D eigenvalue weighted by atomic mass is 10.1. The lowest BCUT2D eigenvalue weighted by Gasteiger charge is -2.05. The second-order valence-corrected chi connectivity index (χ2v) is 6.24. The monoisotopic (exact) mass is 342 g/mol. The Balaban J connectivity index is 1.68.